The molecule has 0 radical (unpaired) electrons. The third kappa shape index (κ3) is 2.66. The molecule has 0 saturated carbocycles. The van der Waals surface area contributed by atoms with Crippen molar-refractivity contribution in [1.82, 2.24) is 0 Å². The van der Waals surface area contributed by atoms with Crippen molar-refractivity contribution in [3.8, 4) is 11.5 Å². The van der Waals surface area contributed by atoms with Gasteiger partial charge in [0.2, 0.25) is 0 Å². The quantitative estimate of drug-likeness (QED) is 0.683. The van der Waals surface area contributed by atoms with Crippen LogP contribution in [0.4, 0.5) is 5.69 Å². The second kappa shape index (κ2) is 6.47. The van der Waals surface area contributed by atoms with Gasteiger partial charge in [-0.15, -0.1) is 0 Å². The third-order valence-corrected chi connectivity index (χ3v) is 5.68. The van der Waals surface area contributed by atoms with E-state index in [9.17, 15) is 0 Å². The molecule has 0 fully saturated rings. The van der Waals surface area contributed by atoms with Crippen LogP contribution in [0.25, 0.3) is 0 Å². The molecule has 4 rings (SSSR count). The van der Waals surface area contributed by atoms with Crippen molar-refractivity contribution >= 4 is 28.9 Å². The van der Waals surface area contributed by atoms with E-state index in [0.717, 1.165) is 34.7 Å². The fourth-order valence-electron chi connectivity index (χ4n) is 4.11. The van der Waals surface area contributed by atoms with Crippen LogP contribution in [0.2, 0.25) is 10.0 Å². The molecule has 130 valence electrons. The number of anilines is 1. The summed E-state index contributed by atoms with van der Waals surface area (Å²) in [6, 6.07) is 9.86. The number of allylic oxidation sites excluding steroid dienone is 2. The number of para-hydroxylation sites is 1. The molecular formula is C20H19Cl2NO2. The highest BCUT2D eigenvalue weighted by molar-refractivity contribution is 6.35. The Morgan fingerprint density at radius 2 is 1.96 bits per heavy atom. The molecule has 25 heavy (non-hydrogen) atoms. The van der Waals surface area contributed by atoms with Gasteiger partial charge in [-0.25, -0.2) is 0 Å². The lowest BCUT2D eigenvalue weighted by Crippen LogP contribution is -2.29. The van der Waals surface area contributed by atoms with Gasteiger partial charge in [-0.2, -0.15) is 0 Å². The van der Waals surface area contributed by atoms with Crippen molar-refractivity contribution in [3.63, 3.8) is 0 Å². The molecule has 3 atom stereocenters. The van der Waals surface area contributed by atoms with Gasteiger partial charge in [-0.1, -0.05) is 47.5 Å². The number of hydrogen-bond donors (Lipinski definition) is 1. The Morgan fingerprint density at radius 1 is 1.12 bits per heavy atom. The first kappa shape index (κ1) is 16.6. The first-order valence-electron chi connectivity index (χ1n) is 8.27. The van der Waals surface area contributed by atoms with Crippen molar-refractivity contribution < 1.29 is 9.47 Å². The number of ether oxygens (including phenoxy) is 2. The average molecular weight is 376 g/mol. The van der Waals surface area contributed by atoms with E-state index in [1.807, 2.05) is 24.3 Å². The maximum absolute atomic E-state index is 6.51. The van der Waals surface area contributed by atoms with Gasteiger partial charge in [0.15, 0.2) is 11.5 Å². The van der Waals surface area contributed by atoms with Crippen LogP contribution in [0.1, 0.15) is 29.5 Å². The van der Waals surface area contributed by atoms with Gasteiger partial charge in [0, 0.05) is 32.8 Å². The van der Waals surface area contributed by atoms with E-state index in [4.69, 9.17) is 32.7 Å². The molecule has 1 N–H and O–H groups in total. The summed E-state index contributed by atoms with van der Waals surface area (Å²) in [7, 11) is 3.33. The summed E-state index contributed by atoms with van der Waals surface area (Å²) in [5, 5.41) is 5.00. The molecule has 0 spiro atoms. The minimum atomic E-state index is 0.0899. The zero-order valence-electron chi connectivity index (χ0n) is 14.1. The molecule has 1 heterocycles. The molecule has 0 bridgehead atoms. The molecule has 1 aliphatic carbocycles. The summed E-state index contributed by atoms with van der Waals surface area (Å²) in [6.45, 7) is 0. The van der Waals surface area contributed by atoms with E-state index in [1.165, 1.54) is 0 Å². The smallest absolute Gasteiger partial charge is 0.165 e. The molecule has 0 unspecified atom stereocenters. The van der Waals surface area contributed by atoms with E-state index in [2.05, 4.69) is 23.5 Å². The summed E-state index contributed by atoms with van der Waals surface area (Å²) in [6.07, 6.45) is 5.47. The fourth-order valence-corrected chi connectivity index (χ4v) is 4.73. The van der Waals surface area contributed by atoms with Crippen LogP contribution in [0.15, 0.2) is 42.5 Å². The first-order chi connectivity index (χ1) is 12.1. The third-order valence-electron chi connectivity index (χ3n) is 5.15. The highest BCUT2D eigenvalue weighted by Crippen LogP contribution is 2.54. The number of benzene rings is 2. The SMILES string of the molecule is COc1cccc([C@@H]2Nc3cc(Cl)cc(Cl)c3[C@@H]3C=CC[C@@H]32)c1OC. The van der Waals surface area contributed by atoms with Crippen molar-refractivity contribution in [2.45, 2.75) is 18.4 Å². The second-order valence-electron chi connectivity index (χ2n) is 6.41. The van der Waals surface area contributed by atoms with Crippen LogP contribution in [-0.2, 0) is 0 Å². The number of methoxy groups -OCH3 is 2. The van der Waals surface area contributed by atoms with Crippen molar-refractivity contribution in [3.05, 3.63) is 63.7 Å². The molecule has 2 aromatic rings. The predicted octanol–water partition coefficient (Wildman–Crippen LogP) is 5.84. The van der Waals surface area contributed by atoms with E-state index in [-0.39, 0.29) is 12.0 Å². The first-order valence-corrected chi connectivity index (χ1v) is 9.02. The lowest BCUT2D eigenvalue weighted by Gasteiger charge is -2.38. The van der Waals surface area contributed by atoms with E-state index in [1.54, 1.807) is 14.2 Å². The standard InChI is InChI=1S/C20H19Cl2NO2/c1-24-17-8-4-7-14(20(17)25-2)19-13-6-3-5-12(13)18-15(22)9-11(21)10-16(18)23-19/h3-5,7-10,12-13,19,23H,6H2,1-2H3/t12-,13+,19-/m1/s1. The summed E-state index contributed by atoms with van der Waals surface area (Å²) in [5.74, 6) is 2.14. The summed E-state index contributed by atoms with van der Waals surface area (Å²) in [5.41, 5.74) is 3.20. The Morgan fingerprint density at radius 3 is 2.72 bits per heavy atom. The molecule has 3 nitrogen and oxygen atoms in total. The Balaban J connectivity index is 1.85. The maximum atomic E-state index is 6.51. The van der Waals surface area contributed by atoms with Crippen molar-refractivity contribution in [1.29, 1.82) is 0 Å². The molecule has 2 aromatic carbocycles. The van der Waals surface area contributed by atoms with Gasteiger partial charge < -0.3 is 14.8 Å². The van der Waals surface area contributed by atoms with E-state index in [0.29, 0.717) is 16.0 Å². The van der Waals surface area contributed by atoms with Gasteiger partial charge in [0.25, 0.3) is 0 Å². The lowest BCUT2D eigenvalue weighted by atomic mass is 9.76. The molecular weight excluding hydrogens is 357 g/mol. The van der Waals surface area contributed by atoms with Crippen molar-refractivity contribution in [2.24, 2.45) is 5.92 Å². The Kier molecular flexibility index (Phi) is 4.30. The molecule has 0 aromatic heterocycles. The molecule has 1 aliphatic heterocycles. The van der Waals surface area contributed by atoms with Crippen LogP contribution in [0, 0.1) is 5.92 Å². The number of nitrogens with one attached hydrogen (secondary N) is 1. The highest BCUT2D eigenvalue weighted by Gasteiger charge is 2.40. The van der Waals surface area contributed by atoms with Crippen LogP contribution in [0.5, 0.6) is 11.5 Å². The van der Waals surface area contributed by atoms with E-state index >= 15 is 0 Å². The number of rotatable bonds is 3. The predicted molar refractivity (Wildman–Crippen MR) is 102 cm³/mol. The molecule has 0 saturated heterocycles. The molecule has 5 heteroatoms. The van der Waals surface area contributed by atoms with E-state index < -0.39 is 0 Å². The minimum Gasteiger partial charge on any atom is -0.493 e. The molecule has 0 amide bonds. The Labute approximate surface area is 157 Å². The second-order valence-corrected chi connectivity index (χ2v) is 7.25. The number of halogens is 2. The largest absolute Gasteiger partial charge is 0.493 e. The topological polar surface area (TPSA) is 30.5 Å². The van der Waals surface area contributed by atoms with Crippen LogP contribution in [0.3, 0.4) is 0 Å². The minimum absolute atomic E-state index is 0.0899. The zero-order chi connectivity index (χ0) is 17.6. The van der Waals surface area contributed by atoms with Gasteiger partial charge >= 0.3 is 0 Å². The van der Waals surface area contributed by atoms with Crippen LogP contribution < -0.4 is 14.8 Å². The zero-order valence-corrected chi connectivity index (χ0v) is 15.6. The van der Waals surface area contributed by atoms with Crippen LogP contribution in [-0.4, -0.2) is 14.2 Å². The fraction of sp³-hybridized carbons (Fsp3) is 0.300. The highest BCUT2D eigenvalue weighted by atomic mass is 35.5. The average Bonchev–Trinajstić information content (AvgIpc) is 3.09. The van der Waals surface area contributed by atoms with Crippen LogP contribution >= 0.6 is 23.2 Å². The van der Waals surface area contributed by atoms with Crippen molar-refractivity contribution in [2.75, 3.05) is 19.5 Å². The van der Waals surface area contributed by atoms with Gasteiger partial charge in [0.05, 0.1) is 20.3 Å². The van der Waals surface area contributed by atoms with Gasteiger partial charge in [-0.05, 0) is 30.5 Å². The molecule has 2 aliphatic rings. The maximum Gasteiger partial charge on any atom is 0.165 e. The summed E-state index contributed by atoms with van der Waals surface area (Å²) < 4.78 is 11.1. The summed E-state index contributed by atoms with van der Waals surface area (Å²) >= 11 is 12.7. The van der Waals surface area contributed by atoms with Gasteiger partial charge in [-0.3, -0.25) is 0 Å². The number of fused-ring (bicyclic) bond motifs is 3. The summed E-state index contributed by atoms with van der Waals surface area (Å²) in [4.78, 5) is 0. The monoisotopic (exact) mass is 375 g/mol. The lowest BCUT2D eigenvalue weighted by molar-refractivity contribution is 0.341. The Hall–Kier alpha value is -1.84. The number of hydrogen-bond acceptors (Lipinski definition) is 3. The van der Waals surface area contributed by atoms with Gasteiger partial charge in [0.1, 0.15) is 0 Å². The normalized spacial score (nSPS) is 23.6. The Bertz CT molecular complexity index is 850.